The standard InChI is InChI=1S/C23H21F3N2O3S/c1-16-5-11-21(12-6-16)32(30,31)28-14-13-27-22(29)18-9-7-17(8-10-18)19-3-2-4-20(15-19)23(24,25)26/h2-12,15H,13-14H2,1H3,(H2-,27,28,29,30,31). The lowest BCUT2D eigenvalue weighted by molar-refractivity contribution is -0.137. The molecule has 1 unspecified atom stereocenters. The molecule has 5 nitrogen and oxygen atoms in total. The van der Waals surface area contributed by atoms with Gasteiger partial charge in [-0.05, 0) is 54.4 Å². The third-order valence-electron chi connectivity index (χ3n) is 4.70. The number of aryl methyl sites for hydroxylation is 1. The van der Waals surface area contributed by atoms with Gasteiger partial charge in [0.15, 0.2) is 15.3 Å². The summed E-state index contributed by atoms with van der Waals surface area (Å²) in [4.78, 5) is 12.4. The first kappa shape index (κ1) is 23.6. The van der Waals surface area contributed by atoms with E-state index in [1.54, 1.807) is 30.3 Å². The molecule has 2 N–H and O–H groups in total. The maximum atomic E-state index is 12.9. The summed E-state index contributed by atoms with van der Waals surface area (Å²) < 4.78 is 65.5. The highest BCUT2D eigenvalue weighted by Gasteiger charge is 2.30. The Kier molecular flexibility index (Phi) is 7.12. The first-order chi connectivity index (χ1) is 15.1. The molecule has 0 saturated carbocycles. The van der Waals surface area contributed by atoms with E-state index in [-0.39, 0.29) is 18.0 Å². The zero-order chi connectivity index (χ0) is 23.4. The monoisotopic (exact) mass is 462 g/mol. The zero-order valence-electron chi connectivity index (χ0n) is 17.1. The van der Waals surface area contributed by atoms with E-state index in [0.717, 1.165) is 17.7 Å². The van der Waals surface area contributed by atoms with E-state index >= 15 is 0 Å². The number of hydrogen-bond acceptors (Lipinski definition) is 3. The van der Waals surface area contributed by atoms with Crippen LogP contribution in [0.2, 0.25) is 0 Å². The third kappa shape index (κ3) is 6.03. The van der Waals surface area contributed by atoms with Crippen molar-refractivity contribution < 1.29 is 26.7 Å². The maximum Gasteiger partial charge on any atom is 0.416 e. The Morgan fingerprint density at radius 1 is 0.938 bits per heavy atom. The number of rotatable bonds is 7. The van der Waals surface area contributed by atoms with Gasteiger partial charge in [-0.1, -0.05) is 46.2 Å². The molecule has 3 rings (SSSR count). The molecule has 0 fully saturated rings. The molecule has 0 aromatic heterocycles. The van der Waals surface area contributed by atoms with E-state index in [9.17, 15) is 26.7 Å². The molecule has 0 aliphatic heterocycles. The number of halogens is 3. The fourth-order valence-corrected chi connectivity index (χ4v) is 3.99. The van der Waals surface area contributed by atoms with Crippen LogP contribution < -0.4 is 10.0 Å². The number of benzene rings is 3. The molecular weight excluding hydrogens is 441 g/mol. The number of alkyl halides is 3. The Hall–Kier alpha value is -3.01. The lowest BCUT2D eigenvalue weighted by Gasteiger charge is -2.15. The second-order valence-electron chi connectivity index (χ2n) is 7.12. The van der Waals surface area contributed by atoms with Crippen molar-refractivity contribution >= 4 is 16.3 Å². The molecule has 0 aliphatic rings. The Balaban J connectivity index is 1.55. The third-order valence-corrected chi connectivity index (χ3v) is 6.18. The van der Waals surface area contributed by atoms with Gasteiger partial charge in [0.2, 0.25) is 0 Å². The van der Waals surface area contributed by atoms with Gasteiger partial charge < -0.3 is 9.87 Å². The predicted octanol–water partition coefficient (Wildman–Crippen LogP) is 4.60. The minimum atomic E-state index is -4.43. The van der Waals surface area contributed by atoms with Gasteiger partial charge in [0.1, 0.15) is 0 Å². The van der Waals surface area contributed by atoms with Gasteiger partial charge in [-0.2, -0.15) is 13.2 Å². The van der Waals surface area contributed by atoms with E-state index in [0.29, 0.717) is 16.7 Å². The quantitative estimate of drug-likeness (QED) is 0.398. The topological polar surface area (TPSA) is 81.3 Å². The van der Waals surface area contributed by atoms with Gasteiger partial charge in [-0.3, -0.25) is 4.79 Å². The highest BCUT2D eigenvalue weighted by molar-refractivity contribution is 7.95. The molecule has 0 saturated heterocycles. The molecule has 32 heavy (non-hydrogen) atoms. The Morgan fingerprint density at radius 3 is 2.22 bits per heavy atom. The molecule has 3 aromatic rings. The SMILES string of the molecule is Cc1ccc([S+](=O)([O-])NCCNC(=O)c2ccc(-c3cccc(C(F)(F)F)c3)cc2)cc1. The number of sulfonamides is 1. The van der Waals surface area contributed by atoms with Crippen molar-refractivity contribution in [3.05, 3.63) is 89.5 Å². The van der Waals surface area contributed by atoms with E-state index in [4.69, 9.17) is 0 Å². The van der Waals surface area contributed by atoms with Crippen molar-refractivity contribution in [3.8, 4) is 11.1 Å². The Bertz CT molecular complexity index is 1130. The number of amides is 1. The fourth-order valence-electron chi connectivity index (χ4n) is 2.95. The number of carbonyl (C=O) groups is 1. The van der Waals surface area contributed by atoms with Crippen LogP contribution >= 0.6 is 0 Å². The normalized spacial score (nSPS) is 13.4. The van der Waals surface area contributed by atoms with E-state index < -0.39 is 28.0 Å². The molecule has 0 heterocycles. The van der Waals surface area contributed by atoms with Crippen LogP contribution in [0.4, 0.5) is 13.2 Å². The molecule has 1 atom stereocenters. The van der Waals surface area contributed by atoms with Gasteiger partial charge in [-0.25, -0.2) is 0 Å². The molecule has 0 spiro atoms. The van der Waals surface area contributed by atoms with E-state index in [2.05, 4.69) is 10.0 Å². The van der Waals surface area contributed by atoms with Gasteiger partial charge in [0, 0.05) is 12.1 Å². The van der Waals surface area contributed by atoms with Gasteiger partial charge >= 0.3 is 6.18 Å². The van der Waals surface area contributed by atoms with Crippen molar-refractivity contribution in [2.24, 2.45) is 0 Å². The van der Waals surface area contributed by atoms with Crippen LogP contribution in [0, 0.1) is 6.92 Å². The summed E-state index contributed by atoms with van der Waals surface area (Å²) in [6, 6.07) is 17.5. The van der Waals surface area contributed by atoms with Crippen LogP contribution in [-0.4, -0.2) is 23.5 Å². The second kappa shape index (κ2) is 9.64. The van der Waals surface area contributed by atoms with Crippen molar-refractivity contribution in [1.82, 2.24) is 10.0 Å². The average molecular weight is 462 g/mol. The lowest BCUT2D eigenvalue weighted by Crippen LogP contribution is -2.37. The van der Waals surface area contributed by atoms with Crippen molar-refractivity contribution in [2.75, 3.05) is 13.1 Å². The van der Waals surface area contributed by atoms with Gasteiger partial charge in [0.05, 0.1) is 12.1 Å². The summed E-state index contributed by atoms with van der Waals surface area (Å²) in [5.41, 5.74) is 1.43. The predicted molar refractivity (Wildman–Crippen MR) is 115 cm³/mol. The second-order valence-corrected chi connectivity index (χ2v) is 8.89. The van der Waals surface area contributed by atoms with Crippen molar-refractivity contribution in [2.45, 2.75) is 18.0 Å². The summed E-state index contributed by atoms with van der Waals surface area (Å²) in [7, 11) is -3.67. The molecule has 0 aliphatic carbocycles. The highest BCUT2D eigenvalue weighted by atomic mass is 32.3. The highest BCUT2D eigenvalue weighted by Crippen LogP contribution is 2.32. The maximum absolute atomic E-state index is 12.9. The Morgan fingerprint density at radius 2 is 1.59 bits per heavy atom. The van der Waals surface area contributed by atoms with Crippen LogP contribution in [0.5, 0.6) is 0 Å². The molecule has 3 aromatic carbocycles. The van der Waals surface area contributed by atoms with E-state index in [1.807, 2.05) is 6.92 Å². The molecule has 0 radical (unpaired) electrons. The lowest BCUT2D eigenvalue weighted by atomic mass is 10.0. The molecular formula is C23H21F3N2O3S. The van der Waals surface area contributed by atoms with Crippen molar-refractivity contribution in [1.29, 1.82) is 0 Å². The number of nitrogens with one attached hydrogen (secondary N) is 2. The number of carbonyl (C=O) groups excluding carboxylic acids is 1. The summed E-state index contributed by atoms with van der Waals surface area (Å²) >= 11 is 0. The summed E-state index contributed by atoms with van der Waals surface area (Å²) in [6.07, 6.45) is -4.43. The van der Waals surface area contributed by atoms with Gasteiger partial charge in [0.25, 0.3) is 5.91 Å². The smallest absolute Gasteiger partial charge is 0.416 e. The first-order valence-electron chi connectivity index (χ1n) is 9.68. The van der Waals surface area contributed by atoms with Crippen LogP contribution in [-0.2, 0) is 20.8 Å². The summed E-state index contributed by atoms with van der Waals surface area (Å²) in [5, 5.41) is 2.61. The number of hydrogen-bond donors (Lipinski definition) is 2. The summed E-state index contributed by atoms with van der Waals surface area (Å²) in [5.74, 6) is -0.421. The largest absolute Gasteiger partial charge is 0.593 e. The van der Waals surface area contributed by atoms with Gasteiger partial charge in [-0.15, -0.1) is 4.72 Å². The van der Waals surface area contributed by atoms with Crippen LogP contribution in [0.25, 0.3) is 11.1 Å². The molecule has 0 bridgehead atoms. The van der Waals surface area contributed by atoms with Crippen LogP contribution in [0.3, 0.4) is 0 Å². The van der Waals surface area contributed by atoms with Crippen LogP contribution in [0.1, 0.15) is 21.5 Å². The minimum Gasteiger partial charge on any atom is -0.593 e. The molecule has 168 valence electrons. The molecule has 9 heteroatoms. The van der Waals surface area contributed by atoms with Crippen LogP contribution in [0.15, 0.2) is 77.7 Å². The van der Waals surface area contributed by atoms with Crippen molar-refractivity contribution in [3.63, 3.8) is 0 Å². The first-order valence-corrected chi connectivity index (χ1v) is 11.2. The van der Waals surface area contributed by atoms with E-state index in [1.165, 1.54) is 30.3 Å². The summed E-state index contributed by atoms with van der Waals surface area (Å²) in [6.45, 7) is 1.93. The Labute approximate surface area is 185 Å². The average Bonchev–Trinajstić information content (AvgIpc) is 2.76. The molecule has 1 amide bonds. The minimum absolute atomic E-state index is 0.00423. The zero-order valence-corrected chi connectivity index (χ0v) is 17.9. The fraction of sp³-hybridized carbons (Fsp3) is 0.174.